The predicted molar refractivity (Wildman–Crippen MR) is 92.4 cm³/mol. The van der Waals surface area contributed by atoms with Gasteiger partial charge in [0, 0.05) is 17.8 Å². The number of amides is 1. The SMILES string of the molecule is COc1ccc(OC)c(/C=C/C(=O)Nc2cn3ccccc3n2)c1. The number of benzene rings is 1. The number of anilines is 1. The second-order valence-electron chi connectivity index (χ2n) is 5.02. The van der Waals surface area contributed by atoms with Crippen molar-refractivity contribution in [3.8, 4) is 11.5 Å². The third-order valence-corrected chi connectivity index (χ3v) is 3.47. The molecular weight excluding hydrogens is 306 g/mol. The number of imidazole rings is 1. The molecule has 0 aliphatic carbocycles. The Bertz CT molecular complexity index is 866. The summed E-state index contributed by atoms with van der Waals surface area (Å²) in [5.74, 6) is 1.57. The van der Waals surface area contributed by atoms with Crippen LogP contribution in [0.1, 0.15) is 5.56 Å². The van der Waals surface area contributed by atoms with Gasteiger partial charge in [-0.15, -0.1) is 0 Å². The van der Waals surface area contributed by atoms with Gasteiger partial charge >= 0.3 is 0 Å². The Morgan fingerprint density at radius 3 is 2.83 bits per heavy atom. The summed E-state index contributed by atoms with van der Waals surface area (Å²) in [6.45, 7) is 0. The summed E-state index contributed by atoms with van der Waals surface area (Å²) in [5.41, 5.74) is 1.52. The summed E-state index contributed by atoms with van der Waals surface area (Å²) in [7, 11) is 3.17. The van der Waals surface area contributed by atoms with E-state index < -0.39 is 0 Å². The molecule has 0 unspecified atom stereocenters. The Hall–Kier alpha value is -3.28. The average Bonchev–Trinajstić information content (AvgIpc) is 3.01. The average molecular weight is 323 g/mol. The van der Waals surface area contributed by atoms with Crippen LogP contribution in [0.3, 0.4) is 0 Å². The maximum atomic E-state index is 12.1. The lowest BCUT2D eigenvalue weighted by atomic mass is 10.1. The number of fused-ring (bicyclic) bond motifs is 1. The van der Waals surface area contributed by atoms with Gasteiger partial charge in [0.25, 0.3) is 0 Å². The van der Waals surface area contributed by atoms with Gasteiger partial charge in [0.2, 0.25) is 5.91 Å². The van der Waals surface area contributed by atoms with Gasteiger partial charge < -0.3 is 19.2 Å². The van der Waals surface area contributed by atoms with Crippen molar-refractivity contribution in [2.75, 3.05) is 19.5 Å². The molecule has 3 aromatic rings. The van der Waals surface area contributed by atoms with E-state index in [1.807, 2.05) is 28.8 Å². The molecule has 0 aliphatic rings. The molecule has 122 valence electrons. The molecule has 2 aromatic heterocycles. The normalized spacial score (nSPS) is 10.9. The van der Waals surface area contributed by atoms with Gasteiger partial charge in [-0.2, -0.15) is 0 Å². The van der Waals surface area contributed by atoms with E-state index in [-0.39, 0.29) is 5.91 Å². The van der Waals surface area contributed by atoms with E-state index in [0.717, 1.165) is 11.2 Å². The van der Waals surface area contributed by atoms with Gasteiger partial charge in [-0.1, -0.05) is 6.07 Å². The van der Waals surface area contributed by atoms with Crippen LogP contribution in [-0.2, 0) is 4.79 Å². The smallest absolute Gasteiger partial charge is 0.249 e. The van der Waals surface area contributed by atoms with Crippen LogP contribution in [0.15, 0.2) is 54.9 Å². The van der Waals surface area contributed by atoms with Crippen molar-refractivity contribution in [2.45, 2.75) is 0 Å². The highest BCUT2D eigenvalue weighted by molar-refractivity contribution is 6.01. The van der Waals surface area contributed by atoms with E-state index >= 15 is 0 Å². The minimum Gasteiger partial charge on any atom is -0.497 e. The number of pyridine rings is 1. The molecule has 0 aliphatic heterocycles. The van der Waals surface area contributed by atoms with E-state index in [9.17, 15) is 4.79 Å². The lowest BCUT2D eigenvalue weighted by Crippen LogP contribution is -2.07. The molecule has 1 amide bonds. The van der Waals surface area contributed by atoms with Crippen molar-refractivity contribution in [2.24, 2.45) is 0 Å². The van der Waals surface area contributed by atoms with Gasteiger partial charge in [0.15, 0.2) is 5.82 Å². The van der Waals surface area contributed by atoms with Crippen LogP contribution in [0.5, 0.6) is 11.5 Å². The van der Waals surface area contributed by atoms with Crippen LogP contribution in [0, 0.1) is 0 Å². The zero-order valence-corrected chi connectivity index (χ0v) is 13.4. The van der Waals surface area contributed by atoms with E-state index in [4.69, 9.17) is 9.47 Å². The monoisotopic (exact) mass is 323 g/mol. The Morgan fingerprint density at radius 2 is 2.08 bits per heavy atom. The molecule has 1 aromatic carbocycles. The van der Waals surface area contributed by atoms with E-state index in [1.165, 1.54) is 6.08 Å². The first-order valence-electron chi connectivity index (χ1n) is 7.34. The molecular formula is C18H17N3O3. The molecule has 2 heterocycles. The number of rotatable bonds is 5. The van der Waals surface area contributed by atoms with Crippen molar-refractivity contribution in [1.29, 1.82) is 0 Å². The van der Waals surface area contributed by atoms with Crippen molar-refractivity contribution in [1.82, 2.24) is 9.38 Å². The number of nitrogens with zero attached hydrogens (tertiary/aromatic N) is 2. The van der Waals surface area contributed by atoms with Gasteiger partial charge in [-0.3, -0.25) is 4.79 Å². The molecule has 6 heteroatoms. The highest BCUT2D eigenvalue weighted by atomic mass is 16.5. The Kier molecular flexibility index (Phi) is 4.47. The summed E-state index contributed by atoms with van der Waals surface area (Å²) in [6.07, 6.45) is 6.73. The van der Waals surface area contributed by atoms with E-state index in [0.29, 0.717) is 17.3 Å². The summed E-state index contributed by atoms with van der Waals surface area (Å²) in [5, 5.41) is 2.74. The number of hydrogen-bond acceptors (Lipinski definition) is 4. The third-order valence-electron chi connectivity index (χ3n) is 3.47. The van der Waals surface area contributed by atoms with Crippen molar-refractivity contribution < 1.29 is 14.3 Å². The van der Waals surface area contributed by atoms with Gasteiger partial charge in [0.1, 0.15) is 17.1 Å². The van der Waals surface area contributed by atoms with E-state index in [2.05, 4.69) is 10.3 Å². The molecule has 0 bridgehead atoms. The fraction of sp³-hybridized carbons (Fsp3) is 0.111. The van der Waals surface area contributed by atoms with Gasteiger partial charge in [-0.05, 0) is 36.4 Å². The fourth-order valence-electron chi connectivity index (χ4n) is 2.30. The third kappa shape index (κ3) is 3.38. The van der Waals surface area contributed by atoms with Crippen LogP contribution in [-0.4, -0.2) is 29.5 Å². The second-order valence-corrected chi connectivity index (χ2v) is 5.02. The largest absolute Gasteiger partial charge is 0.497 e. The van der Waals surface area contributed by atoms with Crippen LogP contribution in [0.4, 0.5) is 5.82 Å². The lowest BCUT2D eigenvalue weighted by Gasteiger charge is -2.07. The number of carbonyl (C=O) groups is 1. The van der Waals surface area contributed by atoms with Gasteiger partial charge in [-0.25, -0.2) is 4.98 Å². The van der Waals surface area contributed by atoms with Crippen LogP contribution in [0.2, 0.25) is 0 Å². The molecule has 0 saturated heterocycles. The first-order chi connectivity index (χ1) is 11.7. The highest BCUT2D eigenvalue weighted by Crippen LogP contribution is 2.25. The molecule has 0 fully saturated rings. The van der Waals surface area contributed by atoms with Crippen LogP contribution in [0.25, 0.3) is 11.7 Å². The molecule has 0 saturated carbocycles. The summed E-state index contributed by atoms with van der Waals surface area (Å²) < 4.78 is 12.3. The summed E-state index contributed by atoms with van der Waals surface area (Å²) in [4.78, 5) is 16.4. The topological polar surface area (TPSA) is 64.9 Å². The predicted octanol–water partition coefficient (Wildman–Crippen LogP) is 3.00. The maximum absolute atomic E-state index is 12.1. The number of ether oxygens (including phenoxy) is 2. The van der Waals surface area contributed by atoms with Crippen molar-refractivity contribution >= 4 is 23.4 Å². The molecule has 3 rings (SSSR count). The minimum atomic E-state index is -0.275. The van der Waals surface area contributed by atoms with E-state index in [1.54, 1.807) is 44.7 Å². The molecule has 0 atom stereocenters. The zero-order chi connectivity index (χ0) is 16.9. The summed E-state index contributed by atoms with van der Waals surface area (Å²) in [6, 6.07) is 11.0. The Morgan fingerprint density at radius 1 is 1.21 bits per heavy atom. The molecule has 6 nitrogen and oxygen atoms in total. The Labute approximate surface area is 139 Å². The first kappa shape index (κ1) is 15.6. The first-order valence-corrected chi connectivity index (χ1v) is 7.34. The summed E-state index contributed by atoms with van der Waals surface area (Å²) >= 11 is 0. The number of methoxy groups -OCH3 is 2. The quantitative estimate of drug-likeness (QED) is 0.733. The zero-order valence-electron chi connectivity index (χ0n) is 13.4. The fourth-order valence-corrected chi connectivity index (χ4v) is 2.30. The van der Waals surface area contributed by atoms with Crippen LogP contribution >= 0.6 is 0 Å². The van der Waals surface area contributed by atoms with Gasteiger partial charge in [0.05, 0.1) is 20.4 Å². The molecule has 0 spiro atoms. The molecule has 1 N–H and O–H groups in total. The number of hydrogen-bond donors (Lipinski definition) is 1. The number of carbonyl (C=O) groups excluding carboxylic acids is 1. The number of nitrogens with one attached hydrogen (secondary N) is 1. The highest BCUT2D eigenvalue weighted by Gasteiger charge is 2.05. The van der Waals surface area contributed by atoms with Crippen molar-refractivity contribution in [3.63, 3.8) is 0 Å². The minimum absolute atomic E-state index is 0.275. The second kappa shape index (κ2) is 6.87. The number of aromatic nitrogens is 2. The van der Waals surface area contributed by atoms with Crippen molar-refractivity contribution in [3.05, 3.63) is 60.4 Å². The lowest BCUT2D eigenvalue weighted by molar-refractivity contribution is -0.111. The molecule has 0 radical (unpaired) electrons. The maximum Gasteiger partial charge on any atom is 0.249 e. The molecule has 24 heavy (non-hydrogen) atoms. The Balaban J connectivity index is 1.75. The standard InChI is InChI=1S/C18H17N3O3/c1-23-14-7-8-15(24-2)13(11-14)6-9-18(22)20-16-12-21-10-4-3-5-17(21)19-16/h3-12H,1-2H3,(H,20,22)/b9-6+. The van der Waals surface area contributed by atoms with Crippen LogP contribution < -0.4 is 14.8 Å².